The van der Waals surface area contributed by atoms with E-state index in [0.29, 0.717) is 5.92 Å². The van der Waals surface area contributed by atoms with Crippen molar-refractivity contribution < 1.29 is 0 Å². The number of nitrogens with zero attached hydrogens (tertiary/aromatic N) is 2. The molecule has 0 atom stereocenters. The van der Waals surface area contributed by atoms with E-state index < -0.39 is 0 Å². The van der Waals surface area contributed by atoms with Gasteiger partial charge >= 0.3 is 0 Å². The van der Waals surface area contributed by atoms with Gasteiger partial charge in [-0.1, -0.05) is 44.2 Å². The Morgan fingerprint density at radius 1 is 1.12 bits per heavy atom. The van der Waals surface area contributed by atoms with Crippen LogP contribution < -0.4 is 10.6 Å². The number of aliphatic imine (C=N–C) groups is 1. The summed E-state index contributed by atoms with van der Waals surface area (Å²) in [5.74, 6) is 1.36. The number of hydrogen-bond donors (Lipinski definition) is 2. The summed E-state index contributed by atoms with van der Waals surface area (Å²) in [5.41, 5.74) is 2.49. The molecule has 0 radical (unpaired) electrons. The zero-order chi connectivity index (χ0) is 16.5. The van der Waals surface area contributed by atoms with Crippen molar-refractivity contribution in [2.45, 2.75) is 32.6 Å². The van der Waals surface area contributed by atoms with Gasteiger partial charge in [-0.3, -0.25) is 4.99 Å². The van der Waals surface area contributed by atoms with Crippen molar-refractivity contribution in [1.29, 1.82) is 0 Å². The fraction of sp³-hybridized carbons (Fsp3) is 0.444. The second kappa shape index (κ2) is 11.4. The first-order valence-corrected chi connectivity index (χ1v) is 8.99. The van der Waals surface area contributed by atoms with Crippen LogP contribution in [0.4, 0.5) is 0 Å². The van der Waals surface area contributed by atoms with Crippen LogP contribution in [0.3, 0.4) is 0 Å². The van der Waals surface area contributed by atoms with E-state index in [1.807, 2.05) is 6.07 Å². The molecule has 0 saturated heterocycles. The van der Waals surface area contributed by atoms with Gasteiger partial charge in [-0.2, -0.15) is 0 Å². The predicted molar refractivity (Wildman–Crippen MR) is 115 cm³/mol. The van der Waals surface area contributed by atoms with Crippen LogP contribution >= 0.6 is 35.3 Å². The summed E-state index contributed by atoms with van der Waals surface area (Å²) in [6.07, 6.45) is 1.91. The SMILES string of the molecule is CN=C(NCCc1ccccc1)NCCc1csc(C(C)C)n1.I. The van der Waals surface area contributed by atoms with E-state index in [9.17, 15) is 0 Å². The van der Waals surface area contributed by atoms with Gasteiger partial charge in [0.1, 0.15) is 0 Å². The van der Waals surface area contributed by atoms with Crippen molar-refractivity contribution in [1.82, 2.24) is 15.6 Å². The molecule has 2 N–H and O–H groups in total. The molecule has 0 amide bonds. The largest absolute Gasteiger partial charge is 0.356 e. The molecule has 2 aromatic rings. The van der Waals surface area contributed by atoms with Crippen LogP contribution in [0.5, 0.6) is 0 Å². The molecule has 1 heterocycles. The Kier molecular flexibility index (Phi) is 9.94. The minimum atomic E-state index is 0. The summed E-state index contributed by atoms with van der Waals surface area (Å²) in [6.45, 7) is 6.07. The molecular weight excluding hydrogens is 431 g/mol. The lowest BCUT2D eigenvalue weighted by Gasteiger charge is -2.11. The first-order valence-electron chi connectivity index (χ1n) is 8.11. The van der Waals surface area contributed by atoms with Crippen molar-refractivity contribution in [3.05, 3.63) is 52.0 Å². The molecule has 0 aliphatic heterocycles. The molecule has 6 heteroatoms. The minimum absolute atomic E-state index is 0. The Hall–Kier alpha value is -1.15. The molecule has 0 aliphatic carbocycles. The Labute approximate surface area is 166 Å². The van der Waals surface area contributed by atoms with E-state index in [4.69, 9.17) is 0 Å². The van der Waals surface area contributed by atoms with Crippen molar-refractivity contribution in [2.75, 3.05) is 20.1 Å². The van der Waals surface area contributed by atoms with E-state index in [-0.39, 0.29) is 24.0 Å². The van der Waals surface area contributed by atoms with Crippen LogP contribution in [0, 0.1) is 0 Å². The van der Waals surface area contributed by atoms with Crippen molar-refractivity contribution in [3.63, 3.8) is 0 Å². The van der Waals surface area contributed by atoms with Gasteiger partial charge < -0.3 is 10.6 Å². The van der Waals surface area contributed by atoms with Crippen molar-refractivity contribution in [2.24, 2.45) is 4.99 Å². The molecular formula is C18H27IN4S. The Balaban J connectivity index is 0.00000288. The number of hydrogen-bond acceptors (Lipinski definition) is 3. The predicted octanol–water partition coefficient (Wildman–Crippen LogP) is 3.83. The molecule has 132 valence electrons. The average Bonchev–Trinajstić information content (AvgIpc) is 3.03. The van der Waals surface area contributed by atoms with E-state index >= 15 is 0 Å². The molecule has 24 heavy (non-hydrogen) atoms. The standard InChI is InChI=1S/C18H26N4S.HI/c1-14(2)17-22-16(13-23-17)10-12-21-18(19-3)20-11-9-15-7-5-4-6-8-15;/h4-8,13-14H,9-12H2,1-3H3,(H2,19,20,21);1H. The highest BCUT2D eigenvalue weighted by Crippen LogP contribution is 2.19. The second-order valence-corrected chi connectivity index (χ2v) is 6.63. The third-order valence-corrected chi connectivity index (χ3v) is 4.70. The normalized spacial score (nSPS) is 11.2. The maximum Gasteiger partial charge on any atom is 0.190 e. The first-order chi connectivity index (χ1) is 11.2. The van der Waals surface area contributed by atoms with E-state index in [0.717, 1.165) is 37.6 Å². The van der Waals surface area contributed by atoms with Gasteiger partial charge in [0.2, 0.25) is 0 Å². The smallest absolute Gasteiger partial charge is 0.190 e. The lowest BCUT2D eigenvalue weighted by molar-refractivity contribution is 0.771. The summed E-state index contributed by atoms with van der Waals surface area (Å²) in [4.78, 5) is 8.91. The van der Waals surface area contributed by atoms with E-state index in [1.54, 1.807) is 18.4 Å². The Morgan fingerprint density at radius 2 is 1.79 bits per heavy atom. The summed E-state index contributed by atoms with van der Waals surface area (Å²) >= 11 is 1.75. The lowest BCUT2D eigenvalue weighted by atomic mass is 10.1. The Morgan fingerprint density at radius 3 is 2.38 bits per heavy atom. The molecule has 1 aromatic heterocycles. The highest BCUT2D eigenvalue weighted by atomic mass is 127. The van der Waals surface area contributed by atoms with Crippen LogP contribution in [-0.2, 0) is 12.8 Å². The maximum absolute atomic E-state index is 4.65. The van der Waals surface area contributed by atoms with Crippen molar-refractivity contribution >= 4 is 41.3 Å². The van der Waals surface area contributed by atoms with Crippen LogP contribution in [0.2, 0.25) is 0 Å². The number of guanidine groups is 1. The van der Waals surface area contributed by atoms with Crippen LogP contribution in [0.1, 0.15) is 36.0 Å². The topological polar surface area (TPSA) is 49.3 Å². The molecule has 0 fully saturated rings. The number of halogens is 1. The van der Waals surface area contributed by atoms with Crippen LogP contribution in [0.15, 0.2) is 40.7 Å². The summed E-state index contributed by atoms with van der Waals surface area (Å²) < 4.78 is 0. The fourth-order valence-electron chi connectivity index (χ4n) is 2.20. The Bertz CT molecular complexity index is 610. The molecule has 1 aromatic carbocycles. The minimum Gasteiger partial charge on any atom is -0.356 e. The van der Waals surface area contributed by atoms with Gasteiger partial charge in [0.15, 0.2) is 5.96 Å². The van der Waals surface area contributed by atoms with Gasteiger partial charge in [-0.15, -0.1) is 35.3 Å². The number of nitrogens with one attached hydrogen (secondary N) is 2. The molecule has 0 bridgehead atoms. The van der Waals surface area contributed by atoms with Crippen molar-refractivity contribution in [3.8, 4) is 0 Å². The van der Waals surface area contributed by atoms with E-state index in [2.05, 4.69) is 64.1 Å². The lowest BCUT2D eigenvalue weighted by Crippen LogP contribution is -2.39. The molecule has 2 rings (SSSR count). The number of rotatable bonds is 7. The number of benzene rings is 1. The monoisotopic (exact) mass is 458 g/mol. The molecule has 0 spiro atoms. The second-order valence-electron chi connectivity index (χ2n) is 5.74. The van der Waals surface area contributed by atoms with Gasteiger partial charge in [0.25, 0.3) is 0 Å². The number of thiazole rings is 1. The third-order valence-electron chi connectivity index (χ3n) is 3.51. The molecule has 0 saturated carbocycles. The first kappa shape index (κ1) is 20.9. The quantitative estimate of drug-likeness (QED) is 0.377. The zero-order valence-electron chi connectivity index (χ0n) is 14.6. The zero-order valence-corrected chi connectivity index (χ0v) is 17.7. The highest BCUT2D eigenvalue weighted by Gasteiger charge is 2.05. The van der Waals surface area contributed by atoms with Crippen LogP contribution in [0.25, 0.3) is 0 Å². The summed E-state index contributed by atoms with van der Waals surface area (Å²) in [7, 11) is 1.80. The van der Waals surface area contributed by atoms with Gasteiger partial charge in [0.05, 0.1) is 10.7 Å². The molecule has 0 aliphatic rings. The summed E-state index contributed by atoms with van der Waals surface area (Å²) in [5, 5.41) is 10.1. The molecule has 4 nitrogen and oxygen atoms in total. The van der Waals surface area contributed by atoms with Crippen LogP contribution in [-0.4, -0.2) is 31.1 Å². The third kappa shape index (κ3) is 7.17. The van der Waals surface area contributed by atoms with E-state index in [1.165, 1.54) is 10.6 Å². The van der Waals surface area contributed by atoms with Gasteiger partial charge in [-0.05, 0) is 12.0 Å². The fourth-order valence-corrected chi connectivity index (χ4v) is 3.07. The van der Waals surface area contributed by atoms with Gasteiger partial charge in [0, 0.05) is 37.9 Å². The van der Waals surface area contributed by atoms with Gasteiger partial charge in [-0.25, -0.2) is 4.98 Å². The molecule has 0 unspecified atom stereocenters. The maximum atomic E-state index is 4.65. The average molecular weight is 458 g/mol. The highest BCUT2D eigenvalue weighted by molar-refractivity contribution is 14.0. The number of aromatic nitrogens is 1. The summed E-state index contributed by atoms with van der Waals surface area (Å²) in [6, 6.07) is 10.5.